The summed E-state index contributed by atoms with van der Waals surface area (Å²) in [5.41, 5.74) is 0.958. The highest BCUT2D eigenvalue weighted by atomic mass is 19.2. The molecule has 0 amide bonds. The number of hydrogen-bond donors (Lipinski definition) is 0. The summed E-state index contributed by atoms with van der Waals surface area (Å²) in [7, 11) is 0. The molecular weight excluding hydrogens is 232 g/mol. The van der Waals surface area contributed by atoms with E-state index in [9.17, 15) is 17.6 Å². The quantitative estimate of drug-likeness (QED) is 0.277. The van der Waals surface area contributed by atoms with Crippen molar-refractivity contribution in [3.8, 4) is 0 Å². The topological polar surface area (TPSA) is 0 Å². The average Bonchev–Trinajstić information content (AvgIpc) is 2.88. The third kappa shape index (κ3) is 1.13. The van der Waals surface area contributed by atoms with Gasteiger partial charge in [0.1, 0.15) is 0 Å². The standard InChI is InChI=1S/C13H10F4/c1-2-5-6-3-4-7(5)9-8(6)10(14)12(16)13(17)11(9)15/h2,6-7H,3-4H2,1H3/t6-,7-/m1/s1. The summed E-state index contributed by atoms with van der Waals surface area (Å²) in [6.45, 7) is 1.79. The van der Waals surface area contributed by atoms with Gasteiger partial charge in [-0.05, 0) is 19.8 Å². The highest BCUT2D eigenvalue weighted by Crippen LogP contribution is 2.58. The van der Waals surface area contributed by atoms with Gasteiger partial charge in [-0.15, -0.1) is 0 Å². The summed E-state index contributed by atoms with van der Waals surface area (Å²) in [5.74, 6) is -6.36. The van der Waals surface area contributed by atoms with Gasteiger partial charge >= 0.3 is 0 Å². The van der Waals surface area contributed by atoms with Crippen LogP contribution in [-0.2, 0) is 0 Å². The Hall–Kier alpha value is -1.32. The molecule has 1 aromatic rings. The molecule has 0 aliphatic heterocycles. The van der Waals surface area contributed by atoms with E-state index < -0.39 is 23.3 Å². The van der Waals surface area contributed by atoms with Gasteiger partial charge in [0.15, 0.2) is 23.3 Å². The molecule has 0 aromatic heterocycles. The zero-order chi connectivity index (χ0) is 12.3. The van der Waals surface area contributed by atoms with Crippen molar-refractivity contribution in [2.24, 2.45) is 0 Å². The highest BCUT2D eigenvalue weighted by molar-refractivity contribution is 5.54. The number of fused-ring (bicyclic) bond motifs is 5. The first-order valence-corrected chi connectivity index (χ1v) is 5.59. The van der Waals surface area contributed by atoms with Gasteiger partial charge in [-0.1, -0.05) is 11.6 Å². The summed E-state index contributed by atoms with van der Waals surface area (Å²) >= 11 is 0. The first kappa shape index (κ1) is 10.8. The molecule has 1 fully saturated rings. The van der Waals surface area contributed by atoms with E-state index in [-0.39, 0.29) is 23.0 Å². The van der Waals surface area contributed by atoms with E-state index in [0.717, 1.165) is 5.57 Å². The zero-order valence-electron chi connectivity index (χ0n) is 9.16. The van der Waals surface area contributed by atoms with Gasteiger partial charge in [0, 0.05) is 23.0 Å². The predicted molar refractivity (Wildman–Crippen MR) is 54.7 cm³/mol. The van der Waals surface area contributed by atoms with Gasteiger partial charge in [0.05, 0.1) is 0 Å². The summed E-state index contributed by atoms with van der Waals surface area (Å²) < 4.78 is 53.8. The van der Waals surface area contributed by atoms with Gasteiger partial charge in [-0.2, -0.15) is 0 Å². The molecule has 0 N–H and O–H groups in total. The van der Waals surface area contributed by atoms with Crippen LogP contribution in [0.2, 0.25) is 0 Å². The highest BCUT2D eigenvalue weighted by Gasteiger charge is 2.46. The van der Waals surface area contributed by atoms with Crippen LogP contribution in [-0.4, -0.2) is 0 Å². The maximum Gasteiger partial charge on any atom is 0.197 e. The van der Waals surface area contributed by atoms with Gasteiger partial charge < -0.3 is 0 Å². The minimum Gasteiger partial charge on any atom is -0.203 e. The molecule has 0 radical (unpaired) electrons. The molecule has 0 heterocycles. The first-order chi connectivity index (χ1) is 8.07. The fourth-order valence-corrected chi connectivity index (χ4v) is 3.28. The Morgan fingerprint density at radius 3 is 1.59 bits per heavy atom. The molecule has 0 saturated heterocycles. The summed E-state index contributed by atoms with van der Waals surface area (Å²) in [6, 6.07) is 0. The second kappa shape index (κ2) is 3.34. The zero-order valence-corrected chi connectivity index (χ0v) is 9.16. The lowest BCUT2D eigenvalue weighted by atomic mass is 9.90. The van der Waals surface area contributed by atoms with E-state index in [2.05, 4.69) is 0 Å². The molecule has 2 atom stereocenters. The van der Waals surface area contributed by atoms with Crippen LogP contribution in [0.25, 0.3) is 0 Å². The molecule has 0 nitrogen and oxygen atoms in total. The molecule has 0 spiro atoms. The lowest BCUT2D eigenvalue weighted by molar-refractivity contribution is 0.394. The smallest absolute Gasteiger partial charge is 0.197 e. The fraction of sp³-hybridized carbons (Fsp3) is 0.385. The first-order valence-electron chi connectivity index (χ1n) is 5.59. The maximum absolute atomic E-state index is 13.7. The van der Waals surface area contributed by atoms with E-state index in [4.69, 9.17) is 0 Å². The number of benzene rings is 1. The third-order valence-corrected chi connectivity index (χ3v) is 3.92. The summed E-state index contributed by atoms with van der Waals surface area (Å²) in [4.78, 5) is 0. The van der Waals surface area contributed by atoms with E-state index in [0.29, 0.717) is 12.8 Å². The van der Waals surface area contributed by atoms with Crippen LogP contribution < -0.4 is 0 Å². The van der Waals surface area contributed by atoms with Crippen LogP contribution >= 0.6 is 0 Å². The minimum atomic E-state index is -1.69. The lowest BCUT2D eigenvalue weighted by Crippen LogP contribution is -2.09. The Morgan fingerprint density at radius 1 is 0.824 bits per heavy atom. The lowest BCUT2D eigenvalue weighted by Gasteiger charge is -2.16. The average molecular weight is 242 g/mol. The molecule has 17 heavy (non-hydrogen) atoms. The van der Waals surface area contributed by atoms with E-state index >= 15 is 0 Å². The van der Waals surface area contributed by atoms with Gasteiger partial charge in [-0.25, -0.2) is 17.6 Å². The number of halogens is 4. The van der Waals surface area contributed by atoms with Crippen LogP contribution in [0.3, 0.4) is 0 Å². The predicted octanol–water partition coefficient (Wildman–Crippen LogP) is 4.16. The summed E-state index contributed by atoms with van der Waals surface area (Å²) in [5, 5.41) is 0. The molecule has 1 saturated carbocycles. The van der Waals surface area contributed by atoms with Crippen LogP contribution in [0, 0.1) is 23.3 Å². The Labute approximate surface area is 95.9 Å². The molecule has 3 rings (SSSR count). The Bertz CT molecular complexity index is 500. The van der Waals surface area contributed by atoms with Crippen LogP contribution in [0.4, 0.5) is 17.6 Å². The summed E-state index contributed by atoms with van der Waals surface area (Å²) in [6.07, 6.45) is 3.16. The Morgan fingerprint density at radius 2 is 1.24 bits per heavy atom. The van der Waals surface area contributed by atoms with Crippen molar-refractivity contribution in [1.29, 1.82) is 0 Å². The largest absolute Gasteiger partial charge is 0.203 e. The van der Waals surface area contributed by atoms with E-state index in [1.54, 1.807) is 13.0 Å². The molecular formula is C13H10F4. The van der Waals surface area contributed by atoms with Crippen molar-refractivity contribution < 1.29 is 17.6 Å². The van der Waals surface area contributed by atoms with Crippen molar-refractivity contribution in [2.75, 3.05) is 0 Å². The number of allylic oxidation sites excluding steroid dienone is 2. The van der Waals surface area contributed by atoms with Gasteiger partial charge in [0.2, 0.25) is 0 Å². The second-order valence-electron chi connectivity index (χ2n) is 4.55. The fourth-order valence-electron chi connectivity index (χ4n) is 3.28. The molecule has 4 heteroatoms. The monoisotopic (exact) mass is 242 g/mol. The molecule has 90 valence electrons. The van der Waals surface area contributed by atoms with Gasteiger partial charge in [0.25, 0.3) is 0 Å². The van der Waals surface area contributed by atoms with Crippen molar-refractivity contribution in [1.82, 2.24) is 0 Å². The minimum absolute atomic E-state index is 0.0331. The van der Waals surface area contributed by atoms with Crippen LogP contribution in [0.1, 0.15) is 42.7 Å². The normalized spacial score (nSPS) is 25.4. The van der Waals surface area contributed by atoms with Crippen LogP contribution in [0.5, 0.6) is 0 Å². The second-order valence-corrected chi connectivity index (χ2v) is 4.55. The SMILES string of the molecule is CC=C1[C@H]2CC[C@H]1c1c(F)c(F)c(F)c(F)c12. The third-order valence-electron chi connectivity index (χ3n) is 3.92. The maximum atomic E-state index is 13.7. The van der Waals surface area contributed by atoms with Crippen molar-refractivity contribution in [2.45, 2.75) is 31.6 Å². The van der Waals surface area contributed by atoms with E-state index in [1.165, 1.54) is 0 Å². The molecule has 1 aromatic carbocycles. The Kier molecular flexibility index (Phi) is 2.12. The van der Waals surface area contributed by atoms with Crippen molar-refractivity contribution in [3.63, 3.8) is 0 Å². The van der Waals surface area contributed by atoms with Crippen LogP contribution in [0.15, 0.2) is 11.6 Å². The van der Waals surface area contributed by atoms with Gasteiger partial charge in [-0.3, -0.25) is 0 Å². The van der Waals surface area contributed by atoms with E-state index in [1.807, 2.05) is 0 Å². The Balaban J connectivity index is 2.36. The van der Waals surface area contributed by atoms with Crippen molar-refractivity contribution in [3.05, 3.63) is 46.0 Å². The molecule has 2 aliphatic carbocycles. The molecule has 0 unspecified atom stereocenters. The molecule has 2 aliphatic rings. The number of hydrogen-bond acceptors (Lipinski definition) is 0. The number of rotatable bonds is 0. The van der Waals surface area contributed by atoms with Crippen molar-refractivity contribution >= 4 is 0 Å². The molecule has 2 bridgehead atoms.